The monoisotopic (exact) mass is 439 g/mol. The number of amides is 1. The predicted molar refractivity (Wildman–Crippen MR) is 126 cm³/mol. The lowest BCUT2D eigenvalue weighted by Gasteiger charge is -2.27. The van der Waals surface area contributed by atoms with E-state index in [9.17, 15) is 4.79 Å². The molecule has 1 amide bonds. The van der Waals surface area contributed by atoms with Gasteiger partial charge in [-0.2, -0.15) is 15.0 Å². The van der Waals surface area contributed by atoms with Gasteiger partial charge in [-0.1, -0.05) is 42.5 Å². The van der Waals surface area contributed by atoms with Gasteiger partial charge in [-0.05, 0) is 31.5 Å². The first-order chi connectivity index (χ1) is 16.2. The second-order valence-electron chi connectivity index (χ2n) is 8.07. The van der Waals surface area contributed by atoms with Gasteiger partial charge in [0.2, 0.25) is 5.95 Å². The molecular weight excluding hydrogens is 414 g/mol. The normalized spacial score (nSPS) is 16.5. The van der Waals surface area contributed by atoms with Crippen molar-refractivity contribution in [2.45, 2.75) is 19.4 Å². The molecule has 166 valence electrons. The first-order valence-electron chi connectivity index (χ1n) is 11.1. The summed E-state index contributed by atoms with van der Waals surface area (Å²) in [6.07, 6.45) is 5.84. The van der Waals surface area contributed by atoms with Crippen molar-refractivity contribution < 1.29 is 4.79 Å². The quantitative estimate of drug-likeness (QED) is 0.484. The van der Waals surface area contributed by atoms with Gasteiger partial charge < -0.3 is 9.80 Å². The summed E-state index contributed by atoms with van der Waals surface area (Å²) in [5.41, 5.74) is 3.23. The lowest BCUT2D eigenvalue weighted by molar-refractivity contribution is 0.0705. The Bertz CT molecular complexity index is 1230. The summed E-state index contributed by atoms with van der Waals surface area (Å²) < 4.78 is 0. The number of hydrogen-bond donors (Lipinski definition) is 0. The number of para-hydroxylation sites is 1. The van der Waals surface area contributed by atoms with E-state index in [0.29, 0.717) is 30.3 Å². The van der Waals surface area contributed by atoms with Crippen LogP contribution in [0.4, 0.5) is 5.95 Å². The third-order valence-electron chi connectivity index (χ3n) is 5.98. The summed E-state index contributed by atoms with van der Waals surface area (Å²) in [6.45, 7) is 4.12. The summed E-state index contributed by atoms with van der Waals surface area (Å²) in [7, 11) is 0. The molecule has 8 heteroatoms. The maximum absolute atomic E-state index is 13.6. The molecule has 5 rings (SSSR count). The number of aromatic nitrogens is 5. The van der Waals surface area contributed by atoms with Gasteiger partial charge >= 0.3 is 0 Å². The first-order valence-corrected chi connectivity index (χ1v) is 11.1. The van der Waals surface area contributed by atoms with Gasteiger partial charge in [-0.25, -0.2) is 9.97 Å². The van der Waals surface area contributed by atoms with Crippen molar-refractivity contribution in [2.24, 2.45) is 0 Å². The van der Waals surface area contributed by atoms with Crippen LogP contribution in [0.3, 0.4) is 0 Å². The second kappa shape index (κ2) is 9.20. The van der Waals surface area contributed by atoms with Gasteiger partial charge in [-0.15, -0.1) is 0 Å². The number of benzene rings is 2. The molecule has 3 heterocycles. The maximum atomic E-state index is 13.6. The fourth-order valence-electron chi connectivity index (χ4n) is 4.16. The van der Waals surface area contributed by atoms with E-state index in [1.54, 1.807) is 18.6 Å². The zero-order valence-electron chi connectivity index (χ0n) is 18.5. The van der Waals surface area contributed by atoms with E-state index in [4.69, 9.17) is 4.98 Å². The van der Waals surface area contributed by atoms with Crippen LogP contribution in [0, 0.1) is 0 Å². The zero-order chi connectivity index (χ0) is 22.6. The highest BCUT2D eigenvalue weighted by Crippen LogP contribution is 2.23. The summed E-state index contributed by atoms with van der Waals surface area (Å²) >= 11 is 0. The molecule has 0 aliphatic carbocycles. The largest absolute Gasteiger partial charge is 0.339 e. The number of nitrogens with zero attached hydrogens (tertiary/aromatic N) is 7. The third kappa shape index (κ3) is 4.32. The average molecular weight is 440 g/mol. The summed E-state index contributed by atoms with van der Waals surface area (Å²) in [5, 5.41) is 8.41. The van der Waals surface area contributed by atoms with Crippen molar-refractivity contribution in [3.8, 4) is 16.9 Å². The molecule has 1 saturated heterocycles. The van der Waals surface area contributed by atoms with Crippen LogP contribution in [0.1, 0.15) is 23.7 Å². The molecule has 0 spiro atoms. The van der Waals surface area contributed by atoms with E-state index < -0.39 is 0 Å². The van der Waals surface area contributed by atoms with Gasteiger partial charge in [0.05, 0.1) is 29.3 Å². The molecule has 0 saturated carbocycles. The van der Waals surface area contributed by atoms with Gasteiger partial charge in [0.1, 0.15) is 0 Å². The molecule has 0 radical (unpaired) electrons. The lowest BCUT2D eigenvalue weighted by atomic mass is 10.1. The Morgan fingerprint density at radius 1 is 0.879 bits per heavy atom. The average Bonchev–Trinajstić information content (AvgIpc) is 3.34. The van der Waals surface area contributed by atoms with E-state index in [0.717, 1.165) is 24.2 Å². The fourth-order valence-corrected chi connectivity index (χ4v) is 4.16. The van der Waals surface area contributed by atoms with Crippen LogP contribution < -0.4 is 4.90 Å². The topological polar surface area (TPSA) is 80.0 Å². The summed E-state index contributed by atoms with van der Waals surface area (Å²) in [6, 6.07) is 19.6. The molecule has 1 fully saturated rings. The molecule has 1 aliphatic heterocycles. The van der Waals surface area contributed by atoms with Crippen LogP contribution in [0.25, 0.3) is 16.9 Å². The zero-order valence-corrected chi connectivity index (χ0v) is 18.5. The minimum atomic E-state index is -0.0174. The van der Waals surface area contributed by atoms with E-state index in [1.165, 1.54) is 4.80 Å². The molecule has 2 aromatic heterocycles. The molecule has 0 bridgehead atoms. The molecule has 8 nitrogen and oxygen atoms in total. The van der Waals surface area contributed by atoms with Crippen LogP contribution in [0.2, 0.25) is 0 Å². The van der Waals surface area contributed by atoms with Gasteiger partial charge in [-0.3, -0.25) is 4.79 Å². The van der Waals surface area contributed by atoms with Crippen molar-refractivity contribution in [1.82, 2.24) is 29.9 Å². The molecule has 2 aromatic carbocycles. The summed E-state index contributed by atoms with van der Waals surface area (Å²) in [5.74, 6) is 0.676. The van der Waals surface area contributed by atoms with Crippen LogP contribution in [-0.4, -0.2) is 61.4 Å². The fraction of sp³-hybridized carbons (Fsp3) is 0.240. The standard InChI is InChI=1S/C25H25N7O/c1-19-12-16-30(25-26-13-11-22(29-25)20-7-3-2-4-8-20)17-18-31(19)24(33)21-9-5-6-10-23(21)32-27-14-15-28-32/h2-11,13-15,19H,12,16-18H2,1H3. The van der Waals surface area contributed by atoms with Crippen LogP contribution in [0.5, 0.6) is 0 Å². The van der Waals surface area contributed by atoms with Crippen LogP contribution in [-0.2, 0) is 0 Å². The van der Waals surface area contributed by atoms with E-state index in [2.05, 4.69) is 27.0 Å². The SMILES string of the molecule is CC1CCN(c2nccc(-c3ccccc3)n2)CCN1C(=O)c1ccccc1-n1nccn1. The number of anilines is 1. The van der Waals surface area contributed by atoms with Crippen LogP contribution in [0.15, 0.2) is 79.3 Å². The Hall–Kier alpha value is -4.07. The van der Waals surface area contributed by atoms with Crippen LogP contribution >= 0.6 is 0 Å². The lowest BCUT2D eigenvalue weighted by Crippen LogP contribution is -2.40. The van der Waals surface area contributed by atoms with Crippen molar-refractivity contribution in [3.05, 3.63) is 84.8 Å². The van der Waals surface area contributed by atoms with Crippen molar-refractivity contribution >= 4 is 11.9 Å². The molecule has 4 aromatic rings. The first kappa shape index (κ1) is 20.8. The summed E-state index contributed by atoms with van der Waals surface area (Å²) in [4.78, 5) is 28.5. The number of carbonyl (C=O) groups is 1. The number of rotatable bonds is 4. The van der Waals surface area contributed by atoms with Crippen molar-refractivity contribution in [3.63, 3.8) is 0 Å². The van der Waals surface area contributed by atoms with Gasteiger partial charge in [0, 0.05) is 37.4 Å². The number of hydrogen-bond acceptors (Lipinski definition) is 6. The van der Waals surface area contributed by atoms with Crippen molar-refractivity contribution in [2.75, 3.05) is 24.5 Å². The Balaban J connectivity index is 1.37. The van der Waals surface area contributed by atoms with E-state index >= 15 is 0 Å². The Morgan fingerprint density at radius 2 is 1.64 bits per heavy atom. The van der Waals surface area contributed by atoms with Gasteiger partial charge in [0.15, 0.2) is 0 Å². The molecule has 33 heavy (non-hydrogen) atoms. The van der Waals surface area contributed by atoms with Gasteiger partial charge in [0.25, 0.3) is 5.91 Å². The Kier molecular flexibility index (Phi) is 5.80. The highest BCUT2D eigenvalue weighted by molar-refractivity contribution is 5.98. The van der Waals surface area contributed by atoms with E-state index in [-0.39, 0.29) is 11.9 Å². The smallest absolute Gasteiger partial charge is 0.256 e. The second-order valence-corrected chi connectivity index (χ2v) is 8.07. The Morgan fingerprint density at radius 3 is 2.45 bits per heavy atom. The molecule has 1 atom stereocenters. The number of carbonyl (C=O) groups excluding carboxylic acids is 1. The Labute approximate surface area is 192 Å². The molecule has 1 aliphatic rings. The molecular formula is C25H25N7O. The third-order valence-corrected chi connectivity index (χ3v) is 5.98. The maximum Gasteiger partial charge on any atom is 0.256 e. The molecule has 1 unspecified atom stereocenters. The minimum absolute atomic E-state index is 0.0174. The van der Waals surface area contributed by atoms with E-state index in [1.807, 2.05) is 65.6 Å². The molecule has 0 N–H and O–H groups in total. The highest BCUT2D eigenvalue weighted by atomic mass is 16.2. The highest BCUT2D eigenvalue weighted by Gasteiger charge is 2.28. The van der Waals surface area contributed by atoms with Crippen molar-refractivity contribution in [1.29, 1.82) is 0 Å². The minimum Gasteiger partial charge on any atom is -0.339 e. The predicted octanol–water partition coefficient (Wildman–Crippen LogP) is 3.47.